The number of halogens is 3. The number of benzene rings is 3. The molecule has 1 amide bonds. The molecule has 0 atom stereocenters. The SMILES string of the molecule is COc1ccccc1N1CCN(S(=O)(=O)c2ccc(F)c(C(=O)Nc3ccc(Cl)cc3F)c2)CC1. The minimum atomic E-state index is -4.01. The number of carbonyl (C=O) groups is 1. The monoisotopic (exact) mass is 521 g/mol. The largest absolute Gasteiger partial charge is 0.495 e. The van der Waals surface area contributed by atoms with Crippen LogP contribution in [0.1, 0.15) is 10.4 Å². The van der Waals surface area contributed by atoms with Crippen LogP contribution in [0.3, 0.4) is 0 Å². The van der Waals surface area contributed by atoms with Gasteiger partial charge in [0.25, 0.3) is 5.91 Å². The van der Waals surface area contributed by atoms with E-state index in [9.17, 15) is 22.0 Å². The van der Waals surface area contributed by atoms with Crippen LogP contribution < -0.4 is 15.0 Å². The molecule has 3 aromatic carbocycles. The molecule has 0 aliphatic carbocycles. The summed E-state index contributed by atoms with van der Waals surface area (Å²) in [5, 5.41) is 2.38. The predicted molar refractivity (Wildman–Crippen MR) is 130 cm³/mol. The van der Waals surface area contributed by atoms with Gasteiger partial charge in [0.15, 0.2) is 0 Å². The highest BCUT2D eigenvalue weighted by molar-refractivity contribution is 7.89. The molecule has 3 aromatic rings. The lowest BCUT2D eigenvalue weighted by molar-refractivity contribution is 0.102. The fourth-order valence-corrected chi connectivity index (χ4v) is 5.44. The summed E-state index contributed by atoms with van der Waals surface area (Å²) in [5.41, 5.74) is 0.134. The van der Waals surface area contributed by atoms with Gasteiger partial charge in [-0.3, -0.25) is 4.79 Å². The first-order valence-corrected chi connectivity index (χ1v) is 12.5. The summed E-state index contributed by atoms with van der Waals surface area (Å²) >= 11 is 5.71. The third-order valence-corrected chi connectivity index (χ3v) is 7.79. The van der Waals surface area contributed by atoms with E-state index < -0.39 is 33.1 Å². The van der Waals surface area contributed by atoms with Gasteiger partial charge in [-0.2, -0.15) is 4.31 Å². The zero-order valence-electron chi connectivity index (χ0n) is 18.7. The smallest absolute Gasteiger partial charge is 0.258 e. The number of methoxy groups -OCH3 is 1. The number of piperazine rings is 1. The highest BCUT2D eigenvalue weighted by Crippen LogP contribution is 2.30. The summed E-state index contributed by atoms with van der Waals surface area (Å²) in [7, 11) is -2.43. The van der Waals surface area contributed by atoms with Gasteiger partial charge in [0.2, 0.25) is 10.0 Å². The average molecular weight is 522 g/mol. The van der Waals surface area contributed by atoms with Gasteiger partial charge in [0.05, 0.1) is 28.9 Å². The number of nitrogens with one attached hydrogen (secondary N) is 1. The number of hydrogen-bond acceptors (Lipinski definition) is 5. The van der Waals surface area contributed by atoms with E-state index in [4.69, 9.17) is 16.3 Å². The lowest BCUT2D eigenvalue weighted by Crippen LogP contribution is -2.48. The summed E-state index contributed by atoms with van der Waals surface area (Å²) in [6.07, 6.45) is 0. The van der Waals surface area contributed by atoms with Crippen molar-refractivity contribution in [3.05, 3.63) is 82.9 Å². The van der Waals surface area contributed by atoms with E-state index in [1.54, 1.807) is 7.11 Å². The molecule has 1 heterocycles. The number of para-hydroxylation sites is 2. The maximum Gasteiger partial charge on any atom is 0.258 e. The average Bonchev–Trinajstić information content (AvgIpc) is 2.86. The Morgan fingerprint density at radius 2 is 1.69 bits per heavy atom. The van der Waals surface area contributed by atoms with Crippen LogP contribution in [-0.2, 0) is 10.0 Å². The minimum Gasteiger partial charge on any atom is -0.495 e. The second-order valence-corrected chi connectivity index (χ2v) is 10.2. The van der Waals surface area contributed by atoms with E-state index in [0.29, 0.717) is 18.8 Å². The summed E-state index contributed by atoms with van der Waals surface area (Å²) in [6, 6.07) is 14.0. The van der Waals surface area contributed by atoms with Gasteiger partial charge in [-0.1, -0.05) is 23.7 Å². The van der Waals surface area contributed by atoms with Gasteiger partial charge in [0.1, 0.15) is 17.4 Å². The highest BCUT2D eigenvalue weighted by atomic mass is 35.5. The number of nitrogens with zero attached hydrogens (tertiary/aromatic N) is 2. The lowest BCUT2D eigenvalue weighted by atomic mass is 10.2. The van der Waals surface area contributed by atoms with Crippen molar-refractivity contribution in [3.63, 3.8) is 0 Å². The van der Waals surface area contributed by atoms with Crippen LogP contribution >= 0.6 is 11.6 Å². The molecule has 11 heteroatoms. The first-order valence-electron chi connectivity index (χ1n) is 10.6. The number of carbonyl (C=O) groups excluding carboxylic acids is 1. The van der Waals surface area contributed by atoms with Crippen molar-refractivity contribution < 1.29 is 26.7 Å². The molecule has 0 radical (unpaired) electrons. The van der Waals surface area contributed by atoms with Crippen molar-refractivity contribution in [2.45, 2.75) is 4.90 Å². The molecule has 1 aliphatic rings. The van der Waals surface area contributed by atoms with Gasteiger partial charge in [-0.05, 0) is 48.5 Å². The van der Waals surface area contributed by atoms with Crippen molar-refractivity contribution in [1.82, 2.24) is 4.31 Å². The Balaban J connectivity index is 1.52. The fraction of sp³-hybridized carbons (Fsp3) is 0.208. The zero-order chi connectivity index (χ0) is 25.2. The molecule has 4 rings (SSSR count). The van der Waals surface area contributed by atoms with Crippen LogP contribution in [-0.4, -0.2) is 51.9 Å². The Hall–Kier alpha value is -3.21. The Labute approximate surface area is 206 Å². The van der Waals surface area contributed by atoms with E-state index in [0.717, 1.165) is 30.0 Å². The van der Waals surface area contributed by atoms with E-state index in [-0.39, 0.29) is 28.7 Å². The first-order chi connectivity index (χ1) is 16.7. The van der Waals surface area contributed by atoms with E-state index >= 15 is 0 Å². The fourth-order valence-electron chi connectivity index (χ4n) is 3.83. The number of sulfonamides is 1. The molecule has 1 saturated heterocycles. The number of amides is 1. The molecule has 0 spiro atoms. The highest BCUT2D eigenvalue weighted by Gasteiger charge is 2.30. The molecule has 0 bridgehead atoms. The van der Waals surface area contributed by atoms with Gasteiger partial charge >= 0.3 is 0 Å². The summed E-state index contributed by atoms with van der Waals surface area (Å²) < 4.78 is 61.6. The Morgan fingerprint density at radius 1 is 0.971 bits per heavy atom. The summed E-state index contributed by atoms with van der Waals surface area (Å²) in [4.78, 5) is 14.4. The Bertz CT molecular complexity index is 1360. The van der Waals surface area contributed by atoms with Crippen LogP contribution in [0.15, 0.2) is 65.6 Å². The van der Waals surface area contributed by atoms with Crippen LogP contribution in [0, 0.1) is 11.6 Å². The molecule has 1 aliphatic heterocycles. The van der Waals surface area contributed by atoms with Crippen molar-refractivity contribution >= 4 is 38.9 Å². The topological polar surface area (TPSA) is 79.0 Å². The number of anilines is 2. The van der Waals surface area contributed by atoms with Crippen molar-refractivity contribution in [2.75, 3.05) is 43.5 Å². The van der Waals surface area contributed by atoms with E-state index in [1.807, 2.05) is 29.2 Å². The van der Waals surface area contributed by atoms with Gasteiger partial charge in [-0.25, -0.2) is 17.2 Å². The maximum absolute atomic E-state index is 14.4. The van der Waals surface area contributed by atoms with Crippen molar-refractivity contribution in [3.8, 4) is 5.75 Å². The maximum atomic E-state index is 14.4. The number of ether oxygens (including phenoxy) is 1. The Morgan fingerprint density at radius 3 is 2.37 bits per heavy atom. The van der Waals surface area contributed by atoms with Crippen LogP contribution in [0.2, 0.25) is 5.02 Å². The predicted octanol–water partition coefficient (Wildman–Crippen LogP) is 4.39. The second-order valence-electron chi connectivity index (χ2n) is 7.78. The molecule has 0 saturated carbocycles. The van der Waals surface area contributed by atoms with Crippen LogP contribution in [0.25, 0.3) is 0 Å². The lowest BCUT2D eigenvalue weighted by Gasteiger charge is -2.36. The van der Waals surface area contributed by atoms with Gasteiger partial charge in [-0.15, -0.1) is 0 Å². The van der Waals surface area contributed by atoms with E-state index in [2.05, 4.69) is 5.32 Å². The Kier molecular flexibility index (Phi) is 7.25. The number of hydrogen-bond donors (Lipinski definition) is 1. The molecule has 7 nitrogen and oxygen atoms in total. The minimum absolute atomic E-state index is 0.130. The molecule has 35 heavy (non-hydrogen) atoms. The summed E-state index contributed by atoms with van der Waals surface area (Å²) in [5.74, 6) is -2.03. The van der Waals surface area contributed by atoms with Crippen LogP contribution in [0.4, 0.5) is 20.2 Å². The molecule has 1 N–H and O–H groups in total. The van der Waals surface area contributed by atoms with Crippen molar-refractivity contribution in [2.24, 2.45) is 0 Å². The van der Waals surface area contributed by atoms with Crippen molar-refractivity contribution in [1.29, 1.82) is 0 Å². The molecule has 0 unspecified atom stereocenters. The number of rotatable bonds is 6. The third kappa shape index (κ3) is 5.24. The molecular weight excluding hydrogens is 500 g/mol. The second kappa shape index (κ2) is 10.2. The first kappa shape index (κ1) is 24.9. The third-order valence-electron chi connectivity index (χ3n) is 5.66. The molecule has 184 valence electrons. The van der Waals surface area contributed by atoms with Gasteiger partial charge < -0.3 is 15.0 Å². The molecule has 1 fully saturated rings. The normalized spacial score (nSPS) is 14.6. The standard InChI is InChI=1S/C24H22ClF2N3O4S/c1-34-23-5-3-2-4-22(23)29-10-12-30(13-11-29)35(32,33)17-7-8-19(26)18(15-17)24(31)28-21-9-6-16(25)14-20(21)27/h2-9,14-15H,10-13H2,1H3,(H,28,31). The molecular formula is C24H22ClF2N3O4S. The summed E-state index contributed by atoms with van der Waals surface area (Å²) in [6.45, 7) is 1.22. The van der Waals surface area contributed by atoms with E-state index in [1.165, 1.54) is 16.4 Å². The van der Waals surface area contributed by atoms with Crippen LogP contribution in [0.5, 0.6) is 5.75 Å². The zero-order valence-corrected chi connectivity index (χ0v) is 20.2. The van der Waals surface area contributed by atoms with Gasteiger partial charge in [0, 0.05) is 31.2 Å². The molecule has 0 aromatic heterocycles. The quantitative estimate of drug-likeness (QED) is 0.520.